The summed E-state index contributed by atoms with van der Waals surface area (Å²) in [5.74, 6) is -0.622. The minimum Gasteiger partial charge on any atom is -0.370 e. The van der Waals surface area contributed by atoms with E-state index < -0.39 is 23.7 Å². The van der Waals surface area contributed by atoms with Crippen LogP contribution >= 0.6 is 11.6 Å². The van der Waals surface area contributed by atoms with Crippen molar-refractivity contribution in [3.8, 4) is 0 Å². The maximum atomic E-state index is 13.3. The van der Waals surface area contributed by atoms with E-state index in [1.165, 1.54) is 6.07 Å². The van der Waals surface area contributed by atoms with Crippen LogP contribution in [0.5, 0.6) is 0 Å². The molecule has 0 unspecified atom stereocenters. The molecule has 0 saturated carbocycles. The second-order valence-electron chi connectivity index (χ2n) is 6.03. The first-order chi connectivity index (χ1) is 13.3. The van der Waals surface area contributed by atoms with Gasteiger partial charge in [-0.3, -0.25) is 4.79 Å². The molecule has 0 fully saturated rings. The van der Waals surface area contributed by atoms with Crippen molar-refractivity contribution in [2.45, 2.75) is 12.2 Å². The number of carbonyl (C=O) groups excluding carboxylic acids is 1. The van der Waals surface area contributed by atoms with E-state index in [2.05, 4.69) is 10.6 Å². The van der Waals surface area contributed by atoms with Crippen molar-refractivity contribution < 1.29 is 18.0 Å². The zero-order valence-corrected chi connectivity index (χ0v) is 15.3. The second kappa shape index (κ2) is 8.35. The minimum absolute atomic E-state index is 0.0626. The Morgan fingerprint density at radius 3 is 2.11 bits per heavy atom. The number of hydrogen-bond donors (Lipinski definition) is 2. The Bertz CT molecular complexity index is 947. The Hall–Kier alpha value is -2.99. The predicted molar refractivity (Wildman–Crippen MR) is 104 cm³/mol. The molecule has 3 aromatic rings. The molecule has 7 heteroatoms. The molecular formula is C21H16ClF3N2O. The highest BCUT2D eigenvalue weighted by Gasteiger charge is 2.35. The van der Waals surface area contributed by atoms with Gasteiger partial charge in [-0.1, -0.05) is 60.1 Å². The number of benzene rings is 3. The molecule has 3 aromatic carbocycles. The summed E-state index contributed by atoms with van der Waals surface area (Å²) in [6.07, 6.45) is -4.65. The number of carbonyl (C=O) groups is 1. The number of para-hydroxylation sites is 1. The van der Waals surface area contributed by atoms with Crippen LogP contribution in [0.3, 0.4) is 0 Å². The van der Waals surface area contributed by atoms with E-state index in [1.807, 2.05) is 6.07 Å². The Morgan fingerprint density at radius 2 is 1.50 bits per heavy atom. The summed E-state index contributed by atoms with van der Waals surface area (Å²) < 4.78 is 40.0. The summed E-state index contributed by atoms with van der Waals surface area (Å²) in [4.78, 5) is 12.9. The molecule has 0 aliphatic carbocycles. The number of anilines is 2. The maximum absolute atomic E-state index is 13.3. The molecule has 3 rings (SSSR count). The van der Waals surface area contributed by atoms with Crippen molar-refractivity contribution in [3.05, 3.63) is 95.0 Å². The minimum atomic E-state index is -4.65. The molecular weight excluding hydrogens is 389 g/mol. The number of nitrogens with one attached hydrogen (secondary N) is 2. The molecule has 28 heavy (non-hydrogen) atoms. The molecule has 0 aliphatic rings. The Morgan fingerprint density at radius 1 is 0.893 bits per heavy atom. The number of halogens is 4. The van der Waals surface area contributed by atoms with Crippen molar-refractivity contribution in [2.24, 2.45) is 0 Å². The number of alkyl halides is 3. The molecule has 2 N–H and O–H groups in total. The normalized spacial score (nSPS) is 12.3. The van der Waals surface area contributed by atoms with Gasteiger partial charge in [-0.15, -0.1) is 0 Å². The molecule has 0 aromatic heterocycles. The monoisotopic (exact) mass is 404 g/mol. The van der Waals surface area contributed by atoms with Crippen molar-refractivity contribution in [1.82, 2.24) is 0 Å². The molecule has 0 heterocycles. The third-order valence-electron chi connectivity index (χ3n) is 4.02. The van der Waals surface area contributed by atoms with Gasteiger partial charge in [0.05, 0.1) is 11.3 Å². The summed E-state index contributed by atoms with van der Waals surface area (Å²) in [6.45, 7) is 0. The van der Waals surface area contributed by atoms with Crippen molar-refractivity contribution in [1.29, 1.82) is 0 Å². The summed E-state index contributed by atoms with van der Waals surface area (Å²) in [7, 11) is 0. The SMILES string of the molecule is O=C(Nc1ccc(Cl)cc1C(F)(F)F)[C@H](Nc1ccccc1)c1ccccc1. The van der Waals surface area contributed by atoms with E-state index in [0.717, 1.165) is 12.1 Å². The topological polar surface area (TPSA) is 41.1 Å². The van der Waals surface area contributed by atoms with Crippen LogP contribution in [0.25, 0.3) is 0 Å². The van der Waals surface area contributed by atoms with Gasteiger partial charge >= 0.3 is 6.18 Å². The molecule has 0 radical (unpaired) electrons. The van der Waals surface area contributed by atoms with Crippen LogP contribution < -0.4 is 10.6 Å². The zero-order valence-electron chi connectivity index (χ0n) is 14.5. The molecule has 1 amide bonds. The summed E-state index contributed by atoms with van der Waals surface area (Å²) >= 11 is 5.70. The first kappa shape index (κ1) is 19.8. The average Bonchev–Trinajstić information content (AvgIpc) is 2.68. The van der Waals surface area contributed by atoms with E-state index in [-0.39, 0.29) is 10.7 Å². The maximum Gasteiger partial charge on any atom is 0.418 e. The number of rotatable bonds is 5. The molecule has 0 bridgehead atoms. The largest absolute Gasteiger partial charge is 0.418 e. The van der Waals surface area contributed by atoms with Crippen LogP contribution in [-0.4, -0.2) is 5.91 Å². The Balaban J connectivity index is 1.93. The van der Waals surface area contributed by atoms with Crippen molar-refractivity contribution in [3.63, 3.8) is 0 Å². The van der Waals surface area contributed by atoms with Crippen molar-refractivity contribution >= 4 is 28.9 Å². The lowest BCUT2D eigenvalue weighted by Gasteiger charge is -2.21. The molecule has 0 saturated heterocycles. The van der Waals surface area contributed by atoms with Gasteiger partial charge in [-0.2, -0.15) is 13.2 Å². The van der Waals surface area contributed by atoms with E-state index >= 15 is 0 Å². The standard InChI is InChI=1S/C21H16ClF3N2O/c22-15-11-12-18(17(13-15)21(23,24)25)27-20(28)19(14-7-3-1-4-8-14)26-16-9-5-2-6-10-16/h1-13,19,26H,(H,27,28)/t19-/m1/s1. The lowest BCUT2D eigenvalue weighted by atomic mass is 10.0. The van der Waals surface area contributed by atoms with Crippen LogP contribution in [0.4, 0.5) is 24.5 Å². The van der Waals surface area contributed by atoms with Gasteiger partial charge in [0.25, 0.3) is 5.91 Å². The van der Waals surface area contributed by atoms with E-state index in [4.69, 9.17) is 11.6 Å². The first-order valence-electron chi connectivity index (χ1n) is 8.39. The molecule has 3 nitrogen and oxygen atoms in total. The molecule has 1 atom stereocenters. The Labute approximate surface area is 165 Å². The fraction of sp³-hybridized carbons (Fsp3) is 0.0952. The van der Waals surface area contributed by atoms with Gasteiger partial charge in [-0.25, -0.2) is 0 Å². The van der Waals surface area contributed by atoms with Gasteiger partial charge in [0.1, 0.15) is 6.04 Å². The lowest BCUT2D eigenvalue weighted by molar-refractivity contribution is -0.137. The molecule has 144 valence electrons. The third-order valence-corrected chi connectivity index (χ3v) is 4.26. The lowest BCUT2D eigenvalue weighted by Crippen LogP contribution is -2.28. The Kier molecular flexibility index (Phi) is 5.90. The van der Waals surface area contributed by atoms with Crippen LogP contribution in [0.15, 0.2) is 78.9 Å². The quantitative estimate of drug-likeness (QED) is 0.535. The van der Waals surface area contributed by atoms with Crippen LogP contribution in [0.2, 0.25) is 5.02 Å². The van der Waals surface area contributed by atoms with Gasteiger partial charge < -0.3 is 10.6 Å². The predicted octanol–water partition coefficient (Wildman–Crippen LogP) is 6.15. The van der Waals surface area contributed by atoms with E-state index in [0.29, 0.717) is 11.3 Å². The van der Waals surface area contributed by atoms with Gasteiger partial charge in [-0.05, 0) is 35.9 Å². The second-order valence-corrected chi connectivity index (χ2v) is 6.47. The van der Waals surface area contributed by atoms with Gasteiger partial charge in [0, 0.05) is 10.7 Å². The zero-order chi connectivity index (χ0) is 20.1. The smallest absolute Gasteiger partial charge is 0.370 e. The first-order valence-corrected chi connectivity index (χ1v) is 8.76. The van der Waals surface area contributed by atoms with Crippen LogP contribution in [0, 0.1) is 0 Å². The summed E-state index contributed by atoms with van der Waals surface area (Å²) in [5, 5.41) is 5.39. The summed E-state index contributed by atoms with van der Waals surface area (Å²) in [5.41, 5.74) is -0.0670. The fourth-order valence-corrected chi connectivity index (χ4v) is 2.88. The fourth-order valence-electron chi connectivity index (χ4n) is 2.71. The van der Waals surface area contributed by atoms with Gasteiger partial charge in [0.2, 0.25) is 0 Å². The summed E-state index contributed by atoms with van der Waals surface area (Å²) in [6, 6.07) is 20.1. The average molecular weight is 405 g/mol. The van der Waals surface area contributed by atoms with Crippen molar-refractivity contribution in [2.75, 3.05) is 10.6 Å². The number of hydrogen-bond acceptors (Lipinski definition) is 2. The van der Waals surface area contributed by atoms with Crippen LogP contribution in [0.1, 0.15) is 17.2 Å². The van der Waals surface area contributed by atoms with E-state index in [1.54, 1.807) is 54.6 Å². The van der Waals surface area contributed by atoms with Crippen LogP contribution in [-0.2, 0) is 11.0 Å². The third kappa shape index (κ3) is 4.84. The highest BCUT2D eigenvalue weighted by atomic mass is 35.5. The molecule has 0 aliphatic heterocycles. The number of amides is 1. The van der Waals surface area contributed by atoms with Gasteiger partial charge in [0.15, 0.2) is 0 Å². The van der Waals surface area contributed by atoms with E-state index in [9.17, 15) is 18.0 Å². The molecule has 0 spiro atoms. The highest BCUT2D eigenvalue weighted by Crippen LogP contribution is 2.37. The highest BCUT2D eigenvalue weighted by molar-refractivity contribution is 6.30.